The quantitative estimate of drug-likeness (QED) is 0.645. The number of ether oxygens (including phenoxy) is 1. The first kappa shape index (κ1) is 21.3. The molecule has 2 heterocycles. The predicted octanol–water partition coefficient (Wildman–Crippen LogP) is 4.02. The molecule has 0 saturated carbocycles. The van der Waals surface area contributed by atoms with Gasteiger partial charge in [-0.2, -0.15) is 0 Å². The minimum absolute atomic E-state index is 0.0142. The van der Waals surface area contributed by atoms with Crippen molar-refractivity contribution in [1.29, 1.82) is 0 Å². The van der Waals surface area contributed by atoms with Crippen LogP contribution in [0.1, 0.15) is 11.1 Å². The molecule has 5 nitrogen and oxygen atoms in total. The molecule has 0 aromatic heterocycles. The number of amides is 1. The van der Waals surface area contributed by atoms with Gasteiger partial charge in [-0.15, -0.1) is 0 Å². The zero-order valence-corrected chi connectivity index (χ0v) is 18.7. The topological polar surface area (TPSA) is 44.8 Å². The molecule has 1 amide bonds. The van der Waals surface area contributed by atoms with Crippen molar-refractivity contribution in [3.05, 3.63) is 89.7 Å². The van der Waals surface area contributed by atoms with Crippen LogP contribution in [0.2, 0.25) is 0 Å². The molecule has 0 bridgehead atoms. The van der Waals surface area contributed by atoms with E-state index in [0.29, 0.717) is 13.0 Å². The Hall–Kier alpha value is -3.54. The second-order valence-electron chi connectivity index (χ2n) is 8.69. The van der Waals surface area contributed by atoms with Gasteiger partial charge in [0.05, 0.1) is 19.1 Å². The van der Waals surface area contributed by atoms with Gasteiger partial charge in [-0.25, -0.2) is 4.39 Å². The number of para-hydroxylation sites is 1. The van der Waals surface area contributed by atoms with E-state index in [2.05, 4.69) is 45.4 Å². The van der Waals surface area contributed by atoms with Gasteiger partial charge in [-0.05, 0) is 60.0 Å². The average Bonchev–Trinajstić information content (AvgIpc) is 2.86. The number of carbonyl (C=O) groups is 1. The third kappa shape index (κ3) is 4.38. The summed E-state index contributed by atoms with van der Waals surface area (Å²) in [5.74, 6) is 0.371. The van der Waals surface area contributed by atoms with E-state index in [1.165, 1.54) is 23.4 Å². The molecule has 3 aromatic carbocycles. The summed E-state index contributed by atoms with van der Waals surface area (Å²) in [6.45, 7) is 2.82. The number of hydrogen-bond donors (Lipinski definition) is 1. The number of halogens is 1. The van der Waals surface area contributed by atoms with Gasteiger partial charge in [0.15, 0.2) is 0 Å². The van der Waals surface area contributed by atoms with Gasteiger partial charge in [0.25, 0.3) is 0 Å². The molecule has 2 aliphatic rings. The Morgan fingerprint density at radius 1 is 1.06 bits per heavy atom. The zero-order valence-electron chi connectivity index (χ0n) is 18.7. The molecule has 1 fully saturated rings. The van der Waals surface area contributed by atoms with Crippen molar-refractivity contribution in [3.63, 3.8) is 0 Å². The Balaban J connectivity index is 1.38. The molecule has 5 rings (SSSR count). The lowest BCUT2D eigenvalue weighted by Crippen LogP contribution is -2.61. The summed E-state index contributed by atoms with van der Waals surface area (Å²) in [7, 11) is 1.67. The van der Waals surface area contributed by atoms with Crippen molar-refractivity contribution in [2.24, 2.45) is 5.92 Å². The maximum absolute atomic E-state index is 13.6. The van der Waals surface area contributed by atoms with E-state index >= 15 is 0 Å². The second-order valence-corrected chi connectivity index (χ2v) is 8.69. The van der Waals surface area contributed by atoms with E-state index in [-0.39, 0.29) is 23.7 Å². The largest absolute Gasteiger partial charge is 0.497 e. The number of fused-ring (bicyclic) bond motifs is 3. The summed E-state index contributed by atoms with van der Waals surface area (Å²) in [4.78, 5) is 18.1. The molecule has 1 N–H and O–H groups in total. The molecular weight excluding hydrogens is 417 g/mol. The van der Waals surface area contributed by atoms with Crippen molar-refractivity contribution < 1.29 is 13.9 Å². The van der Waals surface area contributed by atoms with Crippen molar-refractivity contribution in [2.45, 2.75) is 19.0 Å². The summed E-state index contributed by atoms with van der Waals surface area (Å²) in [5, 5.41) is 3.06. The lowest BCUT2D eigenvalue weighted by atomic mass is 9.83. The van der Waals surface area contributed by atoms with Crippen LogP contribution >= 0.6 is 0 Å². The van der Waals surface area contributed by atoms with Crippen molar-refractivity contribution >= 4 is 17.3 Å². The highest BCUT2D eigenvalue weighted by molar-refractivity contribution is 5.82. The number of anilines is 2. The van der Waals surface area contributed by atoms with Crippen molar-refractivity contribution in [3.8, 4) is 5.75 Å². The first-order chi connectivity index (χ1) is 16.1. The second kappa shape index (κ2) is 9.14. The Morgan fingerprint density at radius 2 is 1.88 bits per heavy atom. The Bertz CT molecular complexity index is 1130. The van der Waals surface area contributed by atoms with Crippen LogP contribution in [0.15, 0.2) is 72.8 Å². The SMILES string of the molecule is COc1ccc(N2CCN3c4ccccc4C[C@H](C(=O)NCc4cccc(F)c4)[C@@H]3C2)cc1. The van der Waals surface area contributed by atoms with Gasteiger partial charge in [0, 0.05) is 37.6 Å². The monoisotopic (exact) mass is 445 g/mol. The van der Waals surface area contributed by atoms with E-state index in [1.54, 1.807) is 13.2 Å². The minimum atomic E-state index is -0.290. The summed E-state index contributed by atoms with van der Waals surface area (Å²) in [6, 6.07) is 22.9. The summed E-state index contributed by atoms with van der Waals surface area (Å²) in [6.07, 6.45) is 0.697. The third-order valence-electron chi connectivity index (χ3n) is 6.75. The first-order valence-corrected chi connectivity index (χ1v) is 11.4. The van der Waals surface area contributed by atoms with Crippen LogP contribution in [0.25, 0.3) is 0 Å². The van der Waals surface area contributed by atoms with E-state index in [0.717, 1.165) is 36.6 Å². The fourth-order valence-electron chi connectivity index (χ4n) is 5.05. The number of nitrogens with one attached hydrogen (secondary N) is 1. The molecule has 1 saturated heterocycles. The van der Waals surface area contributed by atoms with Crippen molar-refractivity contribution in [1.82, 2.24) is 5.32 Å². The summed E-state index contributed by atoms with van der Waals surface area (Å²) >= 11 is 0. The van der Waals surface area contributed by atoms with Gasteiger partial charge in [-0.3, -0.25) is 4.79 Å². The highest BCUT2D eigenvalue weighted by atomic mass is 19.1. The lowest BCUT2D eigenvalue weighted by molar-refractivity contribution is -0.126. The van der Waals surface area contributed by atoms with E-state index < -0.39 is 0 Å². The number of hydrogen-bond acceptors (Lipinski definition) is 4. The van der Waals surface area contributed by atoms with E-state index in [1.807, 2.05) is 24.3 Å². The molecular formula is C27H28FN3O2. The number of piperazine rings is 1. The van der Waals surface area contributed by atoms with E-state index in [4.69, 9.17) is 4.74 Å². The molecule has 2 atom stereocenters. The summed E-state index contributed by atoms with van der Waals surface area (Å²) in [5.41, 5.74) is 4.33. The standard InChI is InChI=1S/C27H28FN3O2/c1-33-23-11-9-22(10-12-23)30-13-14-31-25-8-3-2-6-20(25)16-24(26(31)18-30)27(32)29-17-19-5-4-7-21(28)15-19/h2-12,15,24,26H,13-14,16-18H2,1H3,(H,29,32)/t24-,26-/m0/s1. The smallest absolute Gasteiger partial charge is 0.225 e. The maximum atomic E-state index is 13.6. The van der Waals surface area contributed by atoms with Crippen LogP contribution in [0.3, 0.4) is 0 Å². The minimum Gasteiger partial charge on any atom is -0.497 e. The van der Waals surface area contributed by atoms with Gasteiger partial charge >= 0.3 is 0 Å². The molecule has 2 aliphatic heterocycles. The Labute approximate surface area is 193 Å². The maximum Gasteiger partial charge on any atom is 0.225 e. The van der Waals surface area contributed by atoms with Gasteiger partial charge in [0.1, 0.15) is 11.6 Å². The molecule has 33 heavy (non-hydrogen) atoms. The van der Waals surface area contributed by atoms with Crippen LogP contribution < -0.4 is 19.9 Å². The normalized spacial score (nSPS) is 19.5. The predicted molar refractivity (Wildman–Crippen MR) is 128 cm³/mol. The fraction of sp³-hybridized carbons (Fsp3) is 0.296. The number of benzene rings is 3. The average molecular weight is 446 g/mol. The fourth-order valence-corrected chi connectivity index (χ4v) is 5.05. The first-order valence-electron chi connectivity index (χ1n) is 11.4. The molecule has 6 heteroatoms. The van der Waals surface area contributed by atoms with Gasteiger partial charge in [0.2, 0.25) is 5.91 Å². The molecule has 0 radical (unpaired) electrons. The van der Waals surface area contributed by atoms with Crippen LogP contribution in [0.4, 0.5) is 15.8 Å². The van der Waals surface area contributed by atoms with E-state index in [9.17, 15) is 9.18 Å². The highest BCUT2D eigenvalue weighted by Gasteiger charge is 2.41. The number of methoxy groups -OCH3 is 1. The van der Waals surface area contributed by atoms with Gasteiger partial charge < -0.3 is 19.9 Å². The van der Waals surface area contributed by atoms with Gasteiger partial charge in [-0.1, -0.05) is 30.3 Å². The lowest BCUT2D eigenvalue weighted by Gasteiger charge is -2.49. The molecule has 170 valence electrons. The molecule has 0 aliphatic carbocycles. The molecule has 0 unspecified atom stereocenters. The van der Waals surface area contributed by atoms with Crippen LogP contribution in [-0.4, -0.2) is 38.7 Å². The Morgan fingerprint density at radius 3 is 2.67 bits per heavy atom. The highest BCUT2D eigenvalue weighted by Crippen LogP contribution is 2.37. The van der Waals surface area contributed by atoms with Crippen LogP contribution in [0.5, 0.6) is 5.75 Å². The van der Waals surface area contributed by atoms with Crippen molar-refractivity contribution in [2.75, 3.05) is 36.5 Å². The molecule has 0 spiro atoms. The number of nitrogens with zero attached hydrogens (tertiary/aromatic N) is 2. The van der Waals surface area contributed by atoms with Crippen LogP contribution in [-0.2, 0) is 17.8 Å². The number of rotatable bonds is 5. The number of carbonyl (C=O) groups excluding carboxylic acids is 1. The third-order valence-corrected chi connectivity index (χ3v) is 6.75. The Kier molecular flexibility index (Phi) is 5.90. The summed E-state index contributed by atoms with van der Waals surface area (Å²) < 4.78 is 18.8. The molecule has 3 aromatic rings. The zero-order chi connectivity index (χ0) is 22.8. The van der Waals surface area contributed by atoms with Crippen LogP contribution in [0, 0.1) is 11.7 Å².